The molecule has 0 spiro atoms. The Balaban J connectivity index is 1.88. The minimum absolute atomic E-state index is 0.0749. The number of rotatable bonds is 12. The van der Waals surface area contributed by atoms with Gasteiger partial charge in [0, 0.05) is 11.8 Å². The van der Waals surface area contributed by atoms with Crippen molar-refractivity contribution in [3.05, 3.63) is 46.3 Å². The highest BCUT2D eigenvalue weighted by atomic mass is 28.4. The Hall–Kier alpha value is -2.02. The number of nitrogens with zero attached hydrogens (tertiary/aromatic N) is 3. The van der Waals surface area contributed by atoms with Crippen LogP contribution in [-0.4, -0.2) is 74.6 Å². The Bertz CT molecular complexity index is 1100. The van der Waals surface area contributed by atoms with Gasteiger partial charge in [0.25, 0.3) is 0 Å². The lowest BCUT2D eigenvalue weighted by molar-refractivity contribution is -0.337. The summed E-state index contributed by atoms with van der Waals surface area (Å²) < 4.78 is 37.8. The zero-order chi connectivity index (χ0) is 32.1. The highest BCUT2D eigenvalue weighted by Crippen LogP contribution is 2.47. The second kappa shape index (κ2) is 14.8. The van der Waals surface area contributed by atoms with E-state index in [1.165, 1.54) is 6.92 Å². The lowest BCUT2D eigenvalue weighted by Crippen LogP contribution is -2.63. The second-order valence-electron chi connectivity index (χ2n) is 13.1. The number of carbonyl (C=O) groups is 1. The van der Waals surface area contributed by atoms with E-state index in [9.17, 15) is 15.4 Å². The fourth-order valence-electron chi connectivity index (χ4n) is 5.63. The summed E-state index contributed by atoms with van der Waals surface area (Å²) in [5, 5.41) is 15.1. The largest absolute Gasteiger partial charge is 0.454 e. The lowest BCUT2D eigenvalue weighted by Gasteiger charge is -2.51. The van der Waals surface area contributed by atoms with Crippen molar-refractivity contribution in [1.82, 2.24) is 0 Å². The fourth-order valence-corrected chi connectivity index (χ4v) is 8.10. The van der Waals surface area contributed by atoms with E-state index in [2.05, 4.69) is 50.8 Å². The van der Waals surface area contributed by atoms with Crippen LogP contribution in [0.15, 0.2) is 35.4 Å². The van der Waals surface area contributed by atoms with E-state index in [1.807, 2.05) is 44.2 Å². The third-order valence-corrected chi connectivity index (χ3v) is 14.1. The maximum atomic E-state index is 12.2. The molecule has 0 saturated carbocycles. The molecule has 0 amide bonds. The molecule has 0 aliphatic carbocycles. The monoisotopic (exact) mass is 621 g/mol. The molecule has 43 heavy (non-hydrogen) atoms. The minimum Gasteiger partial charge on any atom is -0.454 e. The Labute approximate surface area is 257 Å². The number of aliphatic hydroxyl groups is 1. The average molecular weight is 622 g/mol. The van der Waals surface area contributed by atoms with Crippen LogP contribution >= 0.6 is 0 Å². The van der Waals surface area contributed by atoms with Crippen LogP contribution in [0.5, 0.6) is 0 Å². The van der Waals surface area contributed by atoms with Gasteiger partial charge in [-0.2, -0.15) is 0 Å². The van der Waals surface area contributed by atoms with E-state index in [0.717, 1.165) is 5.56 Å². The Morgan fingerprint density at radius 3 is 2.33 bits per heavy atom. The van der Waals surface area contributed by atoms with Gasteiger partial charge in [0.2, 0.25) is 0 Å². The molecule has 2 heterocycles. The molecule has 0 radical (unpaired) electrons. The fraction of sp³-hybridized carbons (Fsp3) is 0.774. The highest BCUT2D eigenvalue weighted by molar-refractivity contribution is 6.74. The Morgan fingerprint density at radius 2 is 1.77 bits per heavy atom. The number of hydrogen-bond acceptors (Lipinski definition) is 9. The predicted molar refractivity (Wildman–Crippen MR) is 164 cm³/mol. The van der Waals surface area contributed by atoms with Crippen LogP contribution in [0.4, 0.5) is 0 Å². The van der Waals surface area contributed by atoms with Crippen molar-refractivity contribution in [3.63, 3.8) is 0 Å². The molecule has 2 aliphatic rings. The first kappa shape index (κ1) is 35.5. The third kappa shape index (κ3) is 8.18. The molecule has 12 heteroatoms. The van der Waals surface area contributed by atoms with Crippen molar-refractivity contribution in [2.45, 2.75) is 142 Å². The van der Waals surface area contributed by atoms with Crippen LogP contribution in [0, 0.1) is 11.8 Å². The summed E-state index contributed by atoms with van der Waals surface area (Å²) in [6, 6.07) is 8.87. The molecular weight excluding hydrogens is 570 g/mol. The first-order valence-electron chi connectivity index (χ1n) is 15.3. The summed E-state index contributed by atoms with van der Waals surface area (Å²) in [5.41, 5.74) is 10.4. The summed E-state index contributed by atoms with van der Waals surface area (Å²) in [6.45, 7) is 20.3. The van der Waals surface area contributed by atoms with Crippen LogP contribution < -0.4 is 0 Å². The average Bonchev–Trinajstić information content (AvgIpc) is 2.94. The highest BCUT2D eigenvalue weighted by Gasteiger charge is 2.53. The number of azide groups is 1. The maximum absolute atomic E-state index is 12.2. The second-order valence-corrected chi connectivity index (χ2v) is 17.7. The van der Waals surface area contributed by atoms with E-state index < -0.39 is 69.5 Å². The van der Waals surface area contributed by atoms with E-state index in [1.54, 1.807) is 6.92 Å². The Morgan fingerprint density at radius 1 is 1.12 bits per heavy atom. The van der Waals surface area contributed by atoms with Crippen LogP contribution in [0.25, 0.3) is 10.4 Å². The van der Waals surface area contributed by atoms with E-state index >= 15 is 0 Å². The lowest BCUT2D eigenvalue weighted by atomic mass is 9.87. The summed E-state index contributed by atoms with van der Waals surface area (Å²) in [5.74, 6) is -0.515. The summed E-state index contributed by atoms with van der Waals surface area (Å²) in [7, 11) is -2.36. The standard InChI is InChI=1S/C31H51N3O8Si/c1-11-23-26(19(4)24(33-34-32)29(40-23)42-43(9,10)31(7,8)18(2)3)41-30-28(39-21(6)35)27(25(36)20(5)38-30)37-17-22-15-13-12-14-16-22/h12-16,18-20,23-30,36H,11,17H2,1-10H3/t19-,20?,23?,24?,25-,26+,27?,28+,29+,30+/m1/s1. The number of aliphatic hydroxyl groups excluding tert-OH is 1. The molecule has 11 nitrogen and oxygen atoms in total. The molecule has 3 rings (SSSR count). The predicted octanol–water partition coefficient (Wildman–Crippen LogP) is 6.10. The van der Waals surface area contributed by atoms with Crippen LogP contribution in [-0.2, 0) is 39.5 Å². The maximum Gasteiger partial charge on any atom is 0.303 e. The van der Waals surface area contributed by atoms with Gasteiger partial charge < -0.3 is 33.2 Å². The number of benzene rings is 1. The normalized spacial score (nSPS) is 33.6. The van der Waals surface area contributed by atoms with Crippen molar-refractivity contribution in [1.29, 1.82) is 0 Å². The smallest absolute Gasteiger partial charge is 0.303 e. The molecule has 10 atom stereocenters. The molecule has 0 aromatic heterocycles. The molecule has 1 N–H and O–H groups in total. The van der Waals surface area contributed by atoms with Gasteiger partial charge in [-0.05, 0) is 54.4 Å². The van der Waals surface area contributed by atoms with Gasteiger partial charge in [0.1, 0.15) is 12.2 Å². The van der Waals surface area contributed by atoms with E-state index in [0.29, 0.717) is 12.3 Å². The van der Waals surface area contributed by atoms with Gasteiger partial charge in [0.15, 0.2) is 27.0 Å². The summed E-state index contributed by atoms with van der Waals surface area (Å²) in [6.07, 6.45) is -5.95. The molecule has 1 aromatic carbocycles. The molecule has 2 aliphatic heterocycles. The molecule has 0 bridgehead atoms. The first-order chi connectivity index (χ1) is 20.1. The van der Waals surface area contributed by atoms with Crippen molar-refractivity contribution in [2.24, 2.45) is 17.0 Å². The zero-order valence-corrected chi connectivity index (χ0v) is 28.3. The summed E-state index contributed by atoms with van der Waals surface area (Å²) >= 11 is 0. The quantitative estimate of drug-likeness (QED) is 0.0970. The van der Waals surface area contributed by atoms with Gasteiger partial charge in [-0.3, -0.25) is 4.79 Å². The zero-order valence-electron chi connectivity index (χ0n) is 27.3. The molecular formula is C31H51N3O8Si. The number of ether oxygens (including phenoxy) is 5. The van der Waals surface area contributed by atoms with Gasteiger partial charge in [-0.15, -0.1) is 0 Å². The van der Waals surface area contributed by atoms with Gasteiger partial charge in [0.05, 0.1) is 31.0 Å². The van der Waals surface area contributed by atoms with Crippen LogP contribution in [0.2, 0.25) is 18.1 Å². The van der Waals surface area contributed by atoms with E-state index in [-0.39, 0.29) is 17.6 Å². The van der Waals surface area contributed by atoms with Gasteiger partial charge >= 0.3 is 5.97 Å². The summed E-state index contributed by atoms with van der Waals surface area (Å²) in [4.78, 5) is 15.4. The molecule has 242 valence electrons. The molecule has 2 fully saturated rings. The van der Waals surface area contributed by atoms with Crippen molar-refractivity contribution in [3.8, 4) is 0 Å². The van der Waals surface area contributed by atoms with E-state index in [4.69, 9.17) is 28.1 Å². The Kier molecular flexibility index (Phi) is 12.2. The van der Waals surface area contributed by atoms with Gasteiger partial charge in [-0.25, -0.2) is 0 Å². The third-order valence-electron chi connectivity index (χ3n) is 9.64. The number of hydrogen-bond donors (Lipinski definition) is 1. The van der Waals surface area contributed by atoms with Crippen molar-refractivity contribution < 1.29 is 38.0 Å². The number of carbonyl (C=O) groups excluding carboxylic acids is 1. The minimum atomic E-state index is -2.36. The topological polar surface area (TPSA) is 141 Å². The molecule has 2 saturated heterocycles. The van der Waals surface area contributed by atoms with Crippen molar-refractivity contribution in [2.75, 3.05) is 0 Å². The molecule has 1 aromatic rings. The molecule has 4 unspecified atom stereocenters. The van der Waals surface area contributed by atoms with Crippen molar-refractivity contribution >= 4 is 14.3 Å². The van der Waals surface area contributed by atoms with Crippen LogP contribution in [0.1, 0.15) is 67.4 Å². The number of esters is 1. The van der Waals surface area contributed by atoms with Gasteiger partial charge in [-0.1, -0.05) is 77.0 Å². The first-order valence-corrected chi connectivity index (χ1v) is 18.2. The SMILES string of the molecule is CCC1O[C@@H](O[Si](C)(C)C(C)(C)C(C)C)C(N=[N+]=[N-])[C@@H](C)[C@@H]1O[C@@H]1OC(C)[C@@H](O)C(OCc2ccccc2)[C@@H]1OC(C)=O. The van der Waals surface area contributed by atoms with Crippen LogP contribution in [0.3, 0.4) is 0 Å².